The molecule has 4 rings (SSSR count). The molecule has 1 N–H and O–H groups in total. The number of amides is 1. The highest BCUT2D eigenvalue weighted by atomic mass is 32.2. The number of nitrogens with zero attached hydrogens (tertiary/aromatic N) is 3. The molecule has 182 valence electrons. The van der Waals surface area contributed by atoms with Crippen LogP contribution in [0.4, 0.5) is 21.5 Å². The van der Waals surface area contributed by atoms with Crippen molar-refractivity contribution in [1.29, 1.82) is 0 Å². The molecule has 0 bridgehead atoms. The Hall–Kier alpha value is -3.99. The van der Waals surface area contributed by atoms with E-state index in [-0.39, 0.29) is 22.9 Å². The van der Waals surface area contributed by atoms with Crippen molar-refractivity contribution in [3.63, 3.8) is 0 Å². The fraction of sp³-hybridized carbons (Fsp3) is 0.208. The average Bonchev–Trinajstić information content (AvgIpc) is 2.85. The fourth-order valence-electron chi connectivity index (χ4n) is 3.80. The molecule has 1 fully saturated rings. The van der Waals surface area contributed by atoms with Crippen molar-refractivity contribution in [2.45, 2.75) is 11.3 Å². The second kappa shape index (κ2) is 10.1. The molecule has 0 aromatic heterocycles. The molecule has 0 spiro atoms. The maximum absolute atomic E-state index is 13.1. The van der Waals surface area contributed by atoms with E-state index in [1.807, 2.05) is 0 Å². The standard InChI is InChI=1S/C24H23FN4O5S/c25-19-3-11-23(12-4-19)35(33,34)26-20-5-1-18(2-6-20)17-24(30)28-15-13-27(14-16-28)21-7-9-22(10-8-21)29(31)32/h1-12,26H,13-17H2. The lowest BCUT2D eigenvalue weighted by molar-refractivity contribution is -0.384. The zero-order chi connectivity index (χ0) is 25.0. The number of nitrogens with one attached hydrogen (secondary N) is 1. The minimum absolute atomic E-state index is 0.0343. The third-order valence-corrected chi connectivity index (χ3v) is 7.14. The first-order valence-electron chi connectivity index (χ1n) is 10.9. The lowest BCUT2D eigenvalue weighted by Gasteiger charge is -2.36. The molecule has 1 aliphatic rings. The predicted molar refractivity (Wildman–Crippen MR) is 129 cm³/mol. The Morgan fingerprint density at radius 1 is 0.914 bits per heavy atom. The van der Waals surface area contributed by atoms with Gasteiger partial charge in [0.1, 0.15) is 5.82 Å². The summed E-state index contributed by atoms with van der Waals surface area (Å²) in [7, 11) is -3.85. The summed E-state index contributed by atoms with van der Waals surface area (Å²) in [6, 6.07) is 17.4. The van der Waals surface area contributed by atoms with Crippen LogP contribution in [0.3, 0.4) is 0 Å². The first-order chi connectivity index (χ1) is 16.7. The quantitative estimate of drug-likeness (QED) is 0.395. The molecule has 0 unspecified atom stereocenters. The van der Waals surface area contributed by atoms with Gasteiger partial charge < -0.3 is 9.80 Å². The number of carbonyl (C=O) groups is 1. The summed E-state index contributed by atoms with van der Waals surface area (Å²) in [5, 5.41) is 10.8. The first kappa shape index (κ1) is 24.1. The Balaban J connectivity index is 1.30. The maximum atomic E-state index is 13.1. The van der Waals surface area contributed by atoms with Crippen LogP contribution < -0.4 is 9.62 Å². The van der Waals surface area contributed by atoms with E-state index in [2.05, 4.69) is 9.62 Å². The van der Waals surface area contributed by atoms with E-state index in [4.69, 9.17) is 0 Å². The number of benzene rings is 3. The largest absolute Gasteiger partial charge is 0.368 e. The van der Waals surface area contributed by atoms with Crippen LogP contribution in [0.2, 0.25) is 0 Å². The number of hydrogen-bond donors (Lipinski definition) is 1. The van der Waals surface area contributed by atoms with Crippen LogP contribution in [-0.2, 0) is 21.2 Å². The van der Waals surface area contributed by atoms with E-state index < -0.39 is 20.8 Å². The van der Waals surface area contributed by atoms with Gasteiger partial charge in [-0.25, -0.2) is 12.8 Å². The molecule has 0 radical (unpaired) electrons. The minimum Gasteiger partial charge on any atom is -0.368 e. The topological polar surface area (TPSA) is 113 Å². The number of sulfonamides is 1. The number of nitro groups is 1. The van der Waals surface area contributed by atoms with Crippen molar-refractivity contribution in [1.82, 2.24) is 4.90 Å². The van der Waals surface area contributed by atoms with Gasteiger partial charge in [-0.2, -0.15) is 0 Å². The molecule has 1 amide bonds. The number of carbonyl (C=O) groups excluding carboxylic acids is 1. The van der Waals surface area contributed by atoms with Crippen molar-refractivity contribution in [2.75, 3.05) is 35.8 Å². The van der Waals surface area contributed by atoms with Gasteiger partial charge in [-0.3, -0.25) is 19.6 Å². The minimum atomic E-state index is -3.85. The lowest BCUT2D eigenvalue weighted by atomic mass is 10.1. The van der Waals surface area contributed by atoms with E-state index in [1.165, 1.54) is 24.3 Å². The molecule has 3 aromatic carbocycles. The van der Waals surface area contributed by atoms with E-state index in [0.29, 0.717) is 31.9 Å². The normalized spacial score (nSPS) is 14.0. The number of halogens is 1. The van der Waals surface area contributed by atoms with Crippen LogP contribution in [0.1, 0.15) is 5.56 Å². The van der Waals surface area contributed by atoms with Crippen molar-refractivity contribution in [3.8, 4) is 0 Å². The number of nitro benzene ring substituents is 1. The third kappa shape index (κ3) is 5.93. The van der Waals surface area contributed by atoms with E-state index in [1.54, 1.807) is 41.3 Å². The summed E-state index contributed by atoms with van der Waals surface area (Å²) >= 11 is 0. The highest BCUT2D eigenvalue weighted by Gasteiger charge is 2.22. The Bertz CT molecular complexity index is 1310. The van der Waals surface area contributed by atoms with Crippen LogP contribution in [0.25, 0.3) is 0 Å². The Labute approximate surface area is 202 Å². The summed E-state index contributed by atoms with van der Waals surface area (Å²) < 4.78 is 40.3. The molecule has 35 heavy (non-hydrogen) atoms. The lowest BCUT2D eigenvalue weighted by Crippen LogP contribution is -2.49. The molecule has 1 heterocycles. The van der Waals surface area contributed by atoms with Gasteiger partial charge in [-0.15, -0.1) is 0 Å². The summed E-state index contributed by atoms with van der Waals surface area (Å²) in [5.74, 6) is -0.557. The molecule has 9 nitrogen and oxygen atoms in total. The first-order valence-corrected chi connectivity index (χ1v) is 12.3. The highest BCUT2D eigenvalue weighted by molar-refractivity contribution is 7.92. The molecule has 0 aliphatic carbocycles. The Morgan fingerprint density at radius 2 is 1.51 bits per heavy atom. The van der Waals surface area contributed by atoms with Crippen LogP contribution in [0.15, 0.2) is 77.7 Å². The van der Waals surface area contributed by atoms with Crippen LogP contribution in [0, 0.1) is 15.9 Å². The van der Waals surface area contributed by atoms with E-state index in [0.717, 1.165) is 23.4 Å². The summed E-state index contributed by atoms with van der Waals surface area (Å²) in [4.78, 5) is 26.9. The number of rotatable bonds is 7. The van der Waals surface area contributed by atoms with Gasteiger partial charge in [0.15, 0.2) is 0 Å². The van der Waals surface area contributed by atoms with E-state index in [9.17, 15) is 27.7 Å². The zero-order valence-corrected chi connectivity index (χ0v) is 19.4. The average molecular weight is 499 g/mol. The molecule has 1 aliphatic heterocycles. The monoisotopic (exact) mass is 498 g/mol. The van der Waals surface area contributed by atoms with Gasteiger partial charge in [0.2, 0.25) is 5.91 Å². The molecule has 0 atom stereocenters. The Morgan fingerprint density at radius 3 is 2.09 bits per heavy atom. The molecule has 0 saturated carbocycles. The second-order valence-corrected chi connectivity index (χ2v) is 9.76. The van der Waals surface area contributed by atoms with Crippen molar-refractivity contribution < 1.29 is 22.5 Å². The number of piperazine rings is 1. The van der Waals surface area contributed by atoms with Crippen molar-refractivity contribution in [3.05, 3.63) is 94.3 Å². The van der Waals surface area contributed by atoms with Crippen LogP contribution in [0.5, 0.6) is 0 Å². The number of hydrogen-bond acceptors (Lipinski definition) is 6. The van der Waals surface area contributed by atoms with Gasteiger partial charge in [0.05, 0.1) is 16.2 Å². The summed E-state index contributed by atoms with van der Waals surface area (Å²) in [5.41, 5.74) is 2.00. The number of anilines is 2. The van der Waals surface area contributed by atoms with Gasteiger partial charge in [0, 0.05) is 49.7 Å². The number of non-ortho nitro benzene ring substituents is 1. The highest BCUT2D eigenvalue weighted by Crippen LogP contribution is 2.21. The Kier molecular flexibility index (Phi) is 6.97. The fourth-order valence-corrected chi connectivity index (χ4v) is 4.86. The molecule has 11 heteroatoms. The zero-order valence-electron chi connectivity index (χ0n) is 18.6. The smallest absolute Gasteiger partial charge is 0.269 e. The van der Waals surface area contributed by atoms with Gasteiger partial charge >= 0.3 is 0 Å². The molecular weight excluding hydrogens is 475 g/mol. The summed E-state index contributed by atoms with van der Waals surface area (Å²) in [6.07, 6.45) is 0.183. The van der Waals surface area contributed by atoms with Gasteiger partial charge in [-0.05, 0) is 54.1 Å². The second-order valence-electron chi connectivity index (χ2n) is 8.07. The van der Waals surface area contributed by atoms with Crippen LogP contribution in [-0.4, -0.2) is 50.3 Å². The van der Waals surface area contributed by atoms with Crippen LogP contribution >= 0.6 is 0 Å². The van der Waals surface area contributed by atoms with Crippen molar-refractivity contribution >= 4 is 33.0 Å². The molecule has 1 saturated heterocycles. The van der Waals surface area contributed by atoms with Gasteiger partial charge in [0.25, 0.3) is 15.7 Å². The molecule has 3 aromatic rings. The third-order valence-electron chi connectivity index (χ3n) is 5.74. The van der Waals surface area contributed by atoms with Gasteiger partial charge in [-0.1, -0.05) is 12.1 Å². The van der Waals surface area contributed by atoms with Crippen molar-refractivity contribution in [2.24, 2.45) is 0 Å². The predicted octanol–water partition coefficient (Wildman–Crippen LogP) is 3.43. The SMILES string of the molecule is O=C(Cc1ccc(NS(=O)(=O)c2ccc(F)cc2)cc1)N1CCN(c2ccc([N+](=O)[O-])cc2)CC1. The maximum Gasteiger partial charge on any atom is 0.269 e. The summed E-state index contributed by atoms with van der Waals surface area (Å²) in [6.45, 7) is 2.30. The molecular formula is C24H23FN4O5S. The van der Waals surface area contributed by atoms with E-state index >= 15 is 0 Å².